The van der Waals surface area contributed by atoms with E-state index in [1.54, 1.807) is 0 Å². The van der Waals surface area contributed by atoms with Gasteiger partial charge in [0.15, 0.2) is 0 Å². The molecule has 0 radical (unpaired) electrons. The highest BCUT2D eigenvalue weighted by Gasteiger charge is 2.56. The van der Waals surface area contributed by atoms with Crippen molar-refractivity contribution in [1.82, 2.24) is 9.80 Å². The molecule has 1 unspecified atom stereocenters. The van der Waals surface area contributed by atoms with Gasteiger partial charge in [-0.15, -0.1) is 0 Å². The highest BCUT2D eigenvalue weighted by atomic mass is 16.5. The van der Waals surface area contributed by atoms with Crippen LogP contribution < -0.4 is 4.74 Å². The van der Waals surface area contributed by atoms with Crippen LogP contribution in [0.25, 0.3) is 10.8 Å². The summed E-state index contributed by atoms with van der Waals surface area (Å²) in [7, 11) is 1.43. The molecule has 2 saturated heterocycles. The molecule has 1 spiro atoms. The summed E-state index contributed by atoms with van der Waals surface area (Å²) >= 11 is 0. The largest absolute Gasteiger partial charge is 0.493 e. The van der Waals surface area contributed by atoms with E-state index in [0.29, 0.717) is 6.54 Å². The number of amides is 1. The maximum atomic E-state index is 13.3. The molecule has 3 heterocycles. The van der Waals surface area contributed by atoms with Crippen molar-refractivity contribution in [2.24, 2.45) is 5.92 Å². The standard InChI is InChI=1S/C30H32N2O4/c1-35-29(34)26-18-28(33)32(20-22-6-8-23-4-2-3-5-24(23)16-22)30(26)11-13-31(14-12-30)19-21-7-9-27-25(17-21)10-15-36-27/h2-9,16-17,26H,10-15,18-20H2,1H3. The Morgan fingerprint density at radius 3 is 2.56 bits per heavy atom. The normalized spacial score (nSPS) is 21.1. The van der Waals surface area contributed by atoms with E-state index >= 15 is 0 Å². The number of piperidine rings is 1. The monoisotopic (exact) mass is 484 g/mol. The van der Waals surface area contributed by atoms with Gasteiger partial charge < -0.3 is 14.4 Å². The molecule has 3 aliphatic rings. The van der Waals surface area contributed by atoms with E-state index < -0.39 is 11.5 Å². The molecule has 6 nitrogen and oxygen atoms in total. The molecule has 6 heteroatoms. The molecule has 0 saturated carbocycles. The molecule has 0 bridgehead atoms. The van der Waals surface area contributed by atoms with E-state index in [4.69, 9.17) is 9.47 Å². The average molecular weight is 485 g/mol. The van der Waals surface area contributed by atoms with Crippen molar-refractivity contribution in [2.45, 2.75) is 44.3 Å². The van der Waals surface area contributed by atoms with Crippen molar-refractivity contribution >= 4 is 22.6 Å². The second kappa shape index (κ2) is 9.25. The van der Waals surface area contributed by atoms with Crippen LogP contribution in [-0.2, 0) is 33.8 Å². The van der Waals surface area contributed by atoms with Gasteiger partial charge in [0, 0.05) is 39.0 Å². The second-order valence-electron chi connectivity index (χ2n) is 10.4. The number of benzene rings is 3. The van der Waals surface area contributed by atoms with Crippen LogP contribution in [0.2, 0.25) is 0 Å². The van der Waals surface area contributed by atoms with Crippen molar-refractivity contribution < 1.29 is 19.1 Å². The van der Waals surface area contributed by atoms with E-state index in [1.165, 1.54) is 23.6 Å². The Bertz CT molecular complexity index is 1310. The first-order valence-corrected chi connectivity index (χ1v) is 12.9. The van der Waals surface area contributed by atoms with Crippen LogP contribution in [-0.4, -0.2) is 54.0 Å². The van der Waals surface area contributed by atoms with Crippen LogP contribution >= 0.6 is 0 Å². The topological polar surface area (TPSA) is 59.1 Å². The molecule has 3 aromatic carbocycles. The number of hydrogen-bond acceptors (Lipinski definition) is 5. The summed E-state index contributed by atoms with van der Waals surface area (Å²) in [6, 6.07) is 21.1. The Morgan fingerprint density at radius 2 is 1.75 bits per heavy atom. The third kappa shape index (κ3) is 4.03. The first-order chi connectivity index (χ1) is 17.6. The maximum absolute atomic E-state index is 13.3. The lowest BCUT2D eigenvalue weighted by Crippen LogP contribution is -2.57. The molecule has 2 fully saturated rings. The lowest BCUT2D eigenvalue weighted by molar-refractivity contribution is -0.150. The summed E-state index contributed by atoms with van der Waals surface area (Å²) in [5.41, 5.74) is 3.16. The molecule has 3 aromatic rings. The first-order valence-electron chi connectivity index (χ1n) is 12.9. The summed E-state index contributed by atoms with van der Waals surface area (Å²) < 4.78 is 10.8. The van der Waals surface area contributed by atoms with Gasteiger partial charge in [-0.05, 0) is 52.4 Å². The summed E-state index contributed by atoms with van der Waals surface area (Å²) in [5, 5.41) is 2.34. The fourth-order valence-electron chi connectivity index (χ4n) is 6.43. The second-order valence-corrected chi connectivity index (χ2v) is 10.4. The molecule has 0 aromatic heterocycles. The van der Waals surface area contributed by atoms with Crippen molar-refractivity contribution in [3.63, 3.8) is 0 Å². The summed E-state index contributed by atoms with van der Waals surface area (Å²) in [6.07, 6.45) is 2.73. The highest BCUT2D eigenvalue weighted by Crippen LogP contribution is 2.45. The van der Waals surface area contributed by atoms with Gasteiger partial charge >= 0.3 is 5.97 Å². The van der Waals surface area contributed by atoms with E-state index in [1.807, 2.05) is 17.0 Å². The van der Waals surface area contributed by atoms with Crippen molar-refractivity contribution in [3.05, 3.63) is 77.4 Å². The van der Waals surface area contributed by atoms with Crippen molar-refractivity contribution in [3.8, 4) is 5.75 Å². The van der Waals surface area contributed by atoms with Gasteiger partial charge in [0.2, 0.25) is 5.91 Å². The van der Waals surface area contributed by atoms with Crippen LogP contribution in [0.5, 0.6) is 5.75 Å². The zero-order valence-electron chi connectivity index (χ0n) is 20.7. The first kappa shape index (κ1) is 23.0. The van der Waals surface area contributed by atoms with Gasteiger partial charge in [-0.1, -0.05) is 48.5 Å². The summed E-state index contributed by atoms with van der Waals surface area (Å²) in [4.78, 5) is 30.6. The molecule has 6 rings (SSSR count). The van der Waals surface area contributed by atoms with Crippen LogP contribution in [0.4, 0.5) is 0 Å². The number of likely N-dealkylation sites (tertiary alicyclic amines) is 2. The number of fused-ring (bicyclic) bond motifs is 2. The van der Waals surface area contributed by atoms with Gasteiger partial charge in [0.25, 0.3) is 0 Å². The predicted molar refractivity (Wildman–Crippen MR) is 138 cm³/mol. The molecule has 1 amide bonds. The fraction of sp³-hybridized carbons (Fsp3) is 0.400. The number of rotatable bonds is 5. The molecule has 36 heavy (non-hydrogen) atoms. The number of hydrogen-bond donors (Lipinski definition) is 0. The zero-order valence-corrected chi connectivity index (χ0v) is 20.7. The number of ether oxygens (including phenoxy) is 2. The molecular weight excluding hydrogens is 452 g/mol. The fourth-order valence-corrected chi connectivity index (χ4v) is 6.43. The summed E-state index contributed by atoms with van der Waals surface area (Å²) in [6.45, 7) is 3.82. The van der Waals surface area contributed by atoms with Crippen LogP contribution in [0.15, 0.2) is 60.7 Å². The van der Waals surface area contributed by atoms with E-state index in [0.717, 1.165) is 62.2 Å². The predicted octanol–water partition coefficient (Wildman–Crippen LogP) is 4.33. The van der Waals surface area contributed by atoms with Crippen LogP contribution in [0.3, 0.4) is 0 Å². The lowest BCUT2D eigenvalue weighted by Gasteiger charge is -2.47. The molecule has 0 aliphatic carbocycles. The third-order valence-corrected chi connectivity index (χ3v) is 8.39. The van der Waals surface area contributed by atoms with E-state index in [9.17, 15) is 9.59 Å². The SMILES string of the molecule is COC(=O)C1CC(=O)N(Cc2ccc3ccccc3c2)C12CCN(Cc1ccc3c(c1)CCO3)CC2. The van der Waals surface area contributed by atoms with Crippen LogP contribution in [0.1, 0.15) is 36.0 Å². The molecular formula is C30H32N2O4. The number of esters is 1. The molecule has 0 N–H and O–H groups in total. The van der Waals surface area contributed by atoms with Crippen molar-refractivity contribution in [1.29, 1.82) is 0 Å². The maximum Gasteiger partial charge on any atom is 0.311 e. The van der Waals surface area contributed by atoms with Gasteiger partial charge in [-0.3, -0.25) is 14.5 Å². The lowest BCUT2D eigenvalue weighted by atomic mass is 9.76. The summed E-state index contributed by atoms with van der Waals surface area (Å²) in [5.74, 6) is 0.364. The molecule has 1 atom stereocenters. The van der Waals surface area contributed by atoms with Crippen LogP contribution in [0, 0.1) is 5.92 Å². The minimum Gasteiger partial charge on any atom is -0.493 e. The Kier molecular flexibility index (Phi) is 5.92. The van der Waals surface area contributed by atoms with Gasteiger partial charge in [-0.25, -0.2) is 0 Å². The Balaban J connectivity index is 1.23. The van der Waals surface area contributed by atoms with Crippen molar-refractivity contribution in [2.75, 3.05) is 26.8 Å². The van der Waals surface area contributed by atoms with Gasteiger partial charge in [0.05, 0.1) is 25.2 Å². The van der Waals surface area contributed by atoms with E-state index in [2.05, 4.69) is 53.4 Å². The molecule has 3 aliphatic heterocycles. The van der Waals surface area contributed by atoms with Gasteiger partial charge in [-0.2, -0.15) is 0 Å². The number of nitrogens with zero attached hydrogens (tertiary/aromatic N) is 2. The minimum atomic E-state index is -0.502. The quantitative estimate of drug-likeness (QED) is 0.505. The van der Waals surface area contributed by atoms with E-state index in [-0.39, 0.29) is 18.3 Å². The number of methoxy groups -OCH3 is 1. The Morgan fingerprint density at radius 1 is 1.00 bits per heavy atom. The minimum absolute atomic E-state index is 0.0469. The number of carbonyl (C=O) groups is 2. The molecule has 186 valence electrons. The highest BCUT2D eigenvalue weighted by molar-refractivity contribution is 5.89. The average Bonchev–Trinajstić information content (AvgIpc) is 3.48. The Hall–Kier alpha value is -3.38. The Labute approximate surface area is 211 Å². The van der Waals surface area contributed by atoms with Gasteiger partial charge in [0.1, 0.15) is 5.75 Å². The number of carbonyl (C=O) groups excluding carboxylic acids is 2. The third-order valence-electron chi connectivity index (χ3n) is 8.39. The zero-order chi connectivity index (χ0) is 24.7. The smallest absolute Gasteiger partial charge is 0.311 e.